The van der Waals surface area contributed by atoms with Gasteiger partial charge in [-0.1, -0.05) is 0 Å². The number of hydrogen-bond donors (Lipinski definition) is 0. The summed E-state index contributed by atoms with van der Waals surface area (Å²) >= 11 is 0. The quantitative estimate of drug-likeness (QED) is 0.308. The average molecular weight is 214 g/mol. The summed E-state index contributed by atoms with van der Waals surface area (Å²) in [6.07, 6.45) is 0. The summed E-state index contributed by atoms with van der Waals surface area (Å²) < 4.78 is 8.55. The van der Waals surface area contributed by atoms with E-state index in [-0.39, 0.29) is 72.5 Å². The van der Waals surface area contributed by atoms with Crippen molar-refractivity contribution in [2.75, 3.05) is 0 Å². The molecule has 0 aliphatic heterocycles. The van der Waals surface area contributed by atoms with Gasteiger partial charge in [-0.05, 0) is 0 Å². The molecule has 0 fully saturated rings. The van der Waals surface area contributed by atoms with Gasteiger partial charge in [-0.25, -0.2) is 0 Å². The molecule has 0 saturated heterocycles. The summed E-state index contributed by atoms with van der Waals surface area (Å²) in [4.78, 5) is 25.6. The molecule has 0 atom stereocenters. The van der Waals surface area contributed by atoms with Gasteiger partial charge in [0.1, 0.15) is 0 Å². The van der Waals surface area contributed by atoms with Crippen molar-refractivity contribution >= 4 is 62.9 Å². The molecule has 0 bridgehead atoms. The minimum absolute atomic E-state index is 0. The molecule has 0 N–H and O–H groups in total. The van der Waals surface area contributed by atoms with Crippen molar-refractivity contribution in [2.45, 2.75) is 0 Å². The Kier molecular flexibility index (Phi) is 26.5. The van der Waals surface area contributed by atoms with Gasteiger partial charge in [0.25, 0.3) is 0 Å². The predicted molar refractivity (Wildman–Crippen MR) is 19.1 cm³/mol. The van der Waals surface area contributed by atoms with Crippen LogP contribution in [0.3, 0.4) is 0 Å². The molecule has 8 heteroatoms. The van der Waals surface area contributed by atoms with E-state index in [1.165, 1.54) is 0 Å². The Morgan fingerprint density at radius 3 is 1.12 bits per heavy atom. The SMILES string of the molecule is O=P([O-])([O-])[O-].[Al].[Ca+2].[Cr+3]. The first-order valence-corrected chi connectivity index (χ1v) is 2.19. The monoisotopic (exact) mass is 214 g/mol. The van der Waals surface area contributed by atoms with E-state index in [9.17, 15) is 0 Å². The fraction of sp³-hybridized carbons (Fsp3) is 0. The third-order valence-electron chi connectivity index (χ3n) is 0. The normalized spacial score (nSPS) is 7.38. The molecule has 0 amide bonds. The first-order valence-electron chi connectivity index (χ1n) is 0.730. The van der Waals surface area contributed by atoms with Gasteiger partial charge in [-0.15, -0.1) is 0 Å². The van der Waals surface area contributed by atoms with Gasteiger partial charge in [0.15, 0.2) is 0 Å². The maximum atomic E-state index is 8.55. The number of hydrogen-bond acceptors (Lipinski definition) is 4. The molecule has 0 aromatic heterocycles. The average Bonchev–Trinajstić information content (AvgIpc) is 0.722. The first kappa shape index (κ1) is 22.4. The third-order valence-corrected chi connectivity index (χ3v) is 0. The standard InChI is InChI=1S/Al.Ca.Cr.H3O4P/c;;;1-5(2,3)4/h;;;(H3,1,2,3,4)/q;+2;+3;/p-3. The van der Waals surface area contributed by atoms with E-state index in [4.69, 9.17) is 19.2 Å². The van der Waals surface area contributed by atoms with Gasteiger partial charge in [0, 0.05) is 17.4 Å². The second kappa shape index (κ2) is 9.43. The second-order valence-electron chi connectivity index (χ2n) is 0.447. The molecule has 0 aliphatic carbocycles. The van der Waals surface area contributed by atoms with E-state index in [0.29, 0.717) is 0 Å². The largest absolute Gasteiger partial charge is 3.00 e. The zero-order valence-electron chi connectivity index (χ0n) is 3.77. The van der Waals surface area contributed by atoms with Gasteiger partial charge in [-0.3, -0.25) is 0 Å². The summed E-state index contributed by atoms with van der Waals surface area (Å²) in [5.74, 6) is 0. The summed E-state index contributed by atoms with van der Waals surface area (Å²) in [7, 11) is -5.39. The van der Waals surface area contributed by atoms with Crippen molar-refractivity contribution in [3.63, 3.8) is 0 Å². The molecule has 8 heavy (non-hydrogen) atoms. The van der Waals surface area contributed by atoms with Crippen LogP contribution in [0.25, 0.3) is 0 Å². The smallest absolute Gasteiger partial charge is 0.822 e. The van der Waals surface area contributed by atoms with Crippen LogP contribution in [0.1, 0.15) is 0 Å². The zero-order valence-corrected chi connectivity index (χ0v) is 9.31. The van der Waals surface area contributed by atoms with Crippen molar-refractivity contribution in [3.8, 4) is 0 Å². The van der Waals surface area contributed by atoms with Crippen LogP contribution in [0.15, 0.2) is 0 Å². The van der Waals surface area contributed by atoms with Crippen LogP contribution in [-0.4, -0.2) is 55.1 Å². The van der Waals surface area contributed by atoms with Crippen molar-refractivity contribution in [1.82, 2.24) is 0 Å². The van der Waals surface area contributed by atoms with Crippen LogP contribution in [0.4, 0.5) is 0 Å². The van der Waals surface area contributed by atoms with Crippen LogP contribution in [0.5, 0.6) is 0 Å². The molecule has 4 nitrogen and oxygen atoms in total. The first-order chi connectivity index (χ1) is 2.00. The Hall–Kier alpha value is 2.43. The fourth-order valence-electron chi connectivity index (χ4n) is 0. The van der Waals surface area contributed by atoms with Crippen LogP contribution in [0, 0.1) is 0 Å². The minimum atomic E-state index is -5.39. The molecule has 38 valence electrons. The molecule has 0 unspecified atom stereocenters. The van der Waals surface area contributed by atoms with Crippen molar-refractivity contribution in [3.05, 3.63) is 0 Å². The maximum Gasteiger partial charge on any atom is 3.00 e. The van der Waals surface area contributed by atoms with Crippen molar-refractivity contribution in [1.29, 1.82) is 0 Å². The van der Waals surface area contributed by atoms with Crippen molar-refractivity contribution < 1.29 is 36.6 Å². The molecule has 0 saturated carbocycles. The van der Waals surface area contributed by atoms with E-state index in [0.717, 1.165) is 0 Å². The van der Waals surface area contributed by atoms with E-state index in [2.05, 4.69) is 0 Å². The van der Waals surface area contributed by atoms with E-state index in [1.807, 2.05) is 0 Å². The zero-order chi connectivity index (χ0) is 4.50. The summed E-state index contributed by atoms with van der Waals surface area (Å²) in [6.45, 7) is 0. The molecule has 0 rings (SSSR count). The molecular formula is AlCaCrO4P+2. The van der Waals surface area contributed by atoms with E-state index < -0.39 is 7.82 Å². The van der Waals surface area contributed by atoms with Crippen LogP contribution >= 0.6 is 7.82 Å². The number of rotatable bonds is 0. The van der Waals surface area contributed by atoms with Crippen LogP contribution in [0.2, 0.25) is 0 Å². The topological polar surface area (TPSA) is 86.2 Å². The molecular weight excluding hydrogens is 214 g/mol. The Morgan fingerprint density at radius 1 is 1.12 bits per heavy atom. The Balaban J connectivity index is -0.0000000267. The summed E-state index contributed by atoms with van der Waals surface area (Å²) in [5, 5.41) is 0. The van der Waals surface area contributed by atoms with E-state index >= 15 is 0 Å². The van der Waals surface area contributed by atoms with Gasteiger partial charge in [0.2, 0.25) is 0 Å². The summed E-state index contributed by atoms with van der Waals surface area (Å²) in [5.41, 5.74) is 0. The number of phosphoric acid groups is 1. The van der Waals surface area contributed by atoms with Crippen molar-refractivity contribution in [2.24, 2.45) is 0 Å². The molecule has 0 aromatic carbocycles. The third kappa shape index (κ3) is 78.7. The van der Waals surface area contributed by atoms with Crippen LogP contribution < -0.4 is 14.7 Å². The van der Waals surface area contributed by atoms with Gasteiger partial charge < -0.3 is 19.2 Å². The minimum Gasteiger partial charge on any atom is -0.822 e. The van der Waals surface area contributed by atoms with Gasteiger partial charge in [0.05, 0.1) is 0 Å². The molecule has 0 aliphatic rings. The molecule has 0 aromatic rings. The maximum absolute atomic E-state index is 8.55. The molecule has 0 heterocycles. The van der Waals surface area contributed by atoms with E-state index in [1.54, 1.807) is 0 Å². The predicted octanol–water partition coefficient (Wildman–Crippen LogP) is -3.59. The van der Waals surface area contributed by atoms with Gasteiger partial charge >= 0.3 is 55.1 Å². The Morgan fingerprint density at radius 2 is 1.12 bits per heavy atom. The fourth-order valence-corrected chi connectivity index (χ4v) is 0. The molecule has 0 spiro atoms. The Bertz CT molecular complexity index is 62.2. The molecule has 4 radical (unpaired) electrons. The second-order valence-corrected chi connectivity index (χ2v) is 1.34. The Labute approximate surface area is 98.2 Å². The summed E-state index contributed by atoms with van der Waals surface area (Å²) in [6, 6.07) is 0. The van der Waals surface area contributed by atoms with Gasteiger partial charge in [-0.2, -0.15) is 7.82 Å². The van der Waals surface area contributed by atoms with Crippen LogP contribution in [-0.2, 0) is 21.9 Å².